The van der Waals surface area contributed by atoms with E-state index in [1.54, 1.807) is 19.9 Å². The Kier molecular flexibility index (Phi) is 6.06. The number of hydrogen-bond acceptors (Lipinski definition) is 4. The van der Waals surface area contributed by atoms with Crippen molar-refractivity contribution in [2.75, 3.05) is 13.2 Å². The van der Waals surface area contributed by atoms with Crippen molar-refractivity contribution in [2.45, 2.75) is 33.6 Å². The zero-order chi connectivity index (χ0) is 14.3. The summed E-state index contributed by atoms with van der Waals surface area (Å²) < 4.78 is 9.98. The average Bonchev–Trinajstić information content (AvgIpc) is 2.38. The van der Waals surface area contributed by atoms with Gasteiger partial charge in [0.1, 0.15) is 0 Å². The van der Waals surface area contributed by atoms with Gasteiger partial charge in [0, 0.05) is 0 Å². The summed E-state index contributed by atoms with van der Waals surface area (Å²) in [5, 5.41) is 0. The number of benzene rings is 1. The Morgan fingerprint density at radius 1 is 1.00 bits per heavy atom. The predicted octanol–water partition coefficient (Wildman–Crippen LogP) is 2.53. The molecule has 0 aromatic heterocycles. The first-order valence-corrected chi connectivity index (χ1v) is 6.57. The molecular weight excluding hydrogens is 244 g/mol. The number of carbonyl (C=O) groups is 2. The maximum absolute atomic E-state index is 12.0. The van der Waals surface area contributed by atoms with E-state index in [0.717, 1.165) is 5.56 Å². The molecular formula is C15H20O4. The molecule has 4 nitrogen and oxygen atoms in total. The molecule has 4 heteroatoms. The van der Waals surface area contributed by atoms with Gasteiger partial charge in [-0.3, -0.25) is 4.79 Å². The Hall–Kier alpha value is -1.84. The maximum Gasteiger partial charge on any atom is 0.338 e. The van der Waals surface area contributed by atoms with Gasteiger partial charge in [0.25, 0.3) is 0 Å². The van der Waals surface area contributed by atoms with E-state index in [1.807, 2.05) is 19.1 Å². The van der Waals surface area contributed by atoms with E-state index in [-0.39, 0.29) is 18.4 Å². The highest BCUT2D eigenvalue weighted by Gasteiger charge is 2.18. The van der Waals surface area contributed by atoms with Gasteiger partial charge in [0.15, 0.2) is 0 Å². The Bertz CT molecular complexity index is 451. The molecule has 0 fully saturated rings. The zero-order valence-electron chi connectivity index (χ0n) is 11.7. The number of aryl methyl sites for hydroxylation is 1. The molecule has 0 radical (unpaired) electrons. The quantitative estimate of drug-likeness (QED) is 0.741. The van der Waals surface area contributed by atoms with Gasteiger partial charge in [-0.05, 0) is 31.4 Å². The number of hydrogen-bond donors (Lipinski definition) is 0. The van der Waals surface area contributed by atoms with Crippen LogP contribution in [0.3, 0.4) is 0 Å². The van der Waals surface area contributed by atoms with Crippen LogP contribution in [-0.4, -0.2) is 25.2 Å². The van der Waals surface area contributed by atoms with Crippen LogP contribution in [0.15, 0.2) is 18.2 Å². The van der Waals surface area contributed by atoms with Crippen molar-refractivity contribution in [2.24, 2.45) is 0 Å². The molecule has 104 valence electrons. The number of carbonyl (C=O) groups excluding carboxylic acids is 2. The van der Waals surface area contributed by atoms with Crippen molar-refractivity contribution in [3.8, 4) is 0 Å². The lowest BCUT2D eigenvalue weighted by atomic mass is 9.97. The van der Waals surface area contributed by atoms with Gasteiger partial charge in [0.2, 0.25) is 0 Å². The Morgan fingerprint density at radius 2 is 1.63 bits per heavy atom. The van der Waals surface area contributed by atoms with Crippen molar-refractivity contribution >= 4 is 11.9 Å². The molecule has 0 saturated heterocycles. The van der Waals surface area contributed by atoms with E-state index in [0.29, 0.717) is 30.8 Å². The SMILES string of the molecule is CCOC(=O)Cc1cccc(CC)c1C(=O)OCC. The van der Waals surface area contributed by atoms with Crippen molar-refractivity contribution in [3.05, 3.63) is 34.9 Å². The van der Waals surface area contributed by atoms with Crippen LogP contribution in [0.5, 0.6) is 0 Å². The normalized spacial score (nSPS) is 10.1. The van der Waals surface area contributed by atoms with Crippen molar-refractivity contribution in [1.82, 2.24) is 0 Å². The van der Waals surface area contributed by atoms with Crippen LogP contribution in [0.4, 0.5) is 0 Å². The number of esters is 2. The van der Waals surface area contributed by atoms with Gasteiger partial charge in [0.05, 0.1) is 25.2 Å². The third-order valence-corrected chi connectivity index (χ3v) is 2.74. The van der Waals surface area contributed by atoms with E-state index in [1.165, 1.54) is 0 Å². The van der Waals surface area contributed by atoms with Crippen LogP contribution in [0, 0.1) is 0 Å². The molecule has 0 N–H and O–H groups in total. The van der Waals surface area contributed by atoms with Crippen LogP contribution >= 0.6 is 0 Å². The molecule has 0 saturated carbocycles. The molecule has 19 heavy (non-hydrogen) atoms. The smallest absolute Gasteiger partial charge is 0.338 e. The molecule has 0 atom stereocenters. The summed E-state index contributed by atoms with van der Waals surface area (Å²) in [7, 11) is 0. The molecule has 0 aliphatic heterocycles. The van der Waals surface area contributed by atoms with Crippen LogP contribution in [0.2, 0.25) is 0 Å². The molecule has 0 amide bonds. The van der Waals surface area contributed by atoms with Crippen LogP contribution < -0.4 is 0 Å². The number of rotatable bonds is 6. The van der Waals surface area contributed by atoms with Crippen molar-refractivity contribution in [3.63, 3.8) is 0 Å². The van der Waals surface area contributed by atoms with Crippen molar-refractivity contribution < 1.29 is 19.1 Å². The summed E-state index contributed by atoms with van der Waals surface area (Å²) in [5.74, 6) is -0.708. The first-order chi connectivity index (χ1) is 9.13. The second kappa shape index (κ2) is 7.56. The molecule has 0 bridgehead atoms. The first kappa shape index (κ1) is 15.2. The summed E-state index contributed by atoms with van der Waals surface area (Å²) in [4.78, 5) is 23.6. The lowest BCUT2D eigenvalue weighted by Crippen LogP contribution is -2.15. The van der Waals surface area contributed by atoms with Gasteiger partial charge >= 0.3 is 11.9 Å². The lowest BCUT2D eigenvalue weighted by Gasteiger charge is -2.12. The molecule has 0 aliphatic rings. The Balaban J connectivity index is 3.08. The minimum absolute atomic E-state index is 0.0931. The van der Waals surface area contributed by atoms with E-state index in [9.17, 15) is 9.59 Å². The molecule has 1 aromatic carbocycles. The molecule has 0 spiro atoms. The molecule has 0 unspecified atom stereocenters. The highest BCUT2D eigenvalue weighted by molar-refractivity contribution is 5.94. The fourth-order valence-electron chi connectivity index (χ4n) is 1.93. The van der Waals surface area contributed by atoms with Gasteiger partial charge in [-0.2, -0.15) is 0 Å². The van der Waals surface area contributed by atoms with E-state index in [2.05, 4.69) is 0 Å². The molecule has 1 aromatic rings. The third kappa shape index (κ3) is 4.09. The third-order valence-electron chi connectivity index (χ3n) is 2.74. The lowest BCUT2D eigenvalue weighted by molar-refractivity contribution is -0.142. The molecule has 1 rings (SSSR count). The van der Waals surface area contributed by atoms with E-state index in [4.69, 9.17) is 9.47 Å². The molecule has 0 heterocycles. The standard InChI is InChI=1S/C15H20O4/c1-4-11-8-7-9-12(10-13(16)18-5-2)14(11)15(17)19-6-3/h7-9H,4-6,10H2,1-3H3. The monoisotopic (exact) mass is 264 g/mol. The van der Waals surface area contributed by atoms with Crippen LogP contribution in [0.25, 0.3) is 0 Å². The first-order valence-electron chi connectivity index (χ1n) is 6.57. The average molecular weight is 264 g/mol. The topological polar surface area (TPSA) is 52.6 Å². The maximum atomic E-state index is 12.0. The Labute approximate surface area is 113 Å². The van der Waals surface area contributed by atoms with Gasteiger partial charge in [-0.1, -0.05) is 25.1 Å². The Morgan fingerprint density at radius 3 is 2.21 bits per heavy atom. The van der Waals surface area contributed by atoms with Crippen LogP contribution in [-0.2, 0) is 27.1 Å². The fourth-order valence-corrected chi connectivity index (χ4v) is 1.93. The zero-order valence-corrected chi connectivity index (χ0v) is 11.7. The van der Waals surface area contributed by atoms with Gasteiger partial charge < -0.3 is 9.47 Å². The van der Waals surface area contributed by atoms with E-state index < -0.39 is 0 Å². The summed E-state index contributed by atoms with van der Waals surface area (Å²) >= 11 is 0. The fraction of sp³-hybridized carbons (Fsp3) is 0.467. The minimum Gasteiger partial charge on any atom is -0.466 e. The minimum atomic E-state index is -0.376. The summed E-state index contributed by atoms with van der Waals surface area (Å²) in [6.07, 6.45) is 0.806. The summed E-state index contributed by atoms with van der Waals surface area (Å²) in [5.41, 5.74) is 2.05. The largest absolute Gasteiger partial charge is 0.466 e. The van der Waals surface area contributed by atoms with Gasteiger partial charge in [-0.25, -0.2) is 4.79 Å². The van der Waals surface area contributed by atoms with Crippen molar-refractivity contribution in [1.29, 1.82) is 0 Å². The second-order valence-electron chi connectivity index (χ2n) is 4.01. The second-order valence-corrected chi connectivity index (χ2v) is 4.01. The highest BCUT2D eigenvalue weighted by Crippen LogP contribution is 2.18. The van der Waals surface area contributed by atoms with Gasteiger partial charge in [-0.15, -0.1) is 0 Å². The molecule has 0 aliphatic carbocycles. The summed E-state index contributed by atoms with van der Waals surface area (Å²) in [6, 6.07) is 5.49. The highest BCUT2D eigenvalue weighted by atomic mass is 16.5. The number of ether oxygens (including phenoxy) is 2. The van der Waals surface area contributed by atoms with Crippen LogP contribution in [0.1, 0.15) is 42.3 Å². The van der Waals surface area contributed by atoms with E-state index >= 15 is 0 Å². The predicted molar refractivity (Wildman–Crippen MR) is 72.1 cm³/mol. The summed E-state index contributed by atoms with van der Waals surface area (Å²) in [6.45, 7) is 6.13.